The first-order valence-corrected chi connectivity index (χ1v) is 8.10. The number of rotatable bonds is 7. The third kappa shape index (κ3) is 5.57. The molecule has 0 saturated heterocycles. The molecule has 1 aromatic heterocycles. The van der Waals surface area contributed by atoms with E-state index < -0.39 is 0 Å². The maximum Gasteiger partial charge on any atom is 0.253 e. The molecule has 0 aliphatic heterocycles. The van der Waals surface area contributed by atoms with Crippen LogP contribution in [0.2, 0.25) is 0 Å². The summed E-state index contributed by atoms with van der Waals surface area (Å²) >= 11 is 0. The molecule has 0 atom stereocenters. The number of ether oxygens (including phenoxy) is 2. The molecule has 0 aliphatic carbocycles. The molecule has 5 nitrogen and oxygen atoms in total. The van der Waals surface area contributed by atoms with Gasteiger partial charge in [0.05, 0.1) is 17.8 Å². The first-order chi connectivity index (χ1) is 11.4. The summed E-state index contributed by atoms with van der Waals surface area (Å²) in [6.45, 7) is 8.28. The fourth-order valence-electron chi connectivity index (χ4n) is 2.07. The largest absolute Gasteiger partial charge is 0.491 e. The number of benzene rings is 1. The number of hydrogen-bond donors (Lipinski definition) is 1. The third-order valence-electron chi connectivity index (χ3n) is 3.10. The van der Waals surface area contributed by atoms with Crippen molar-refractivity contribution in [1.29, 1.82) is 0 Å². The Hall–Kier alpha value is -2.56. The van der Waals surface area contributed by atoms with Gasteiger partial charge in [0.1, 0.15) is 5.75 Å². The van der Waals surface area contributed by atoms with E-state index >= 15 is 0 Å². The van der Waals surface area contributed by atoms with Gasteiger partial charge in [0, 0.05) is 18.8 Å². The van der Waals surface area contributed by atoms with E-state index in [1.165, 1.54) is 6.20 Å². The second-order valence-electron chi connectivity index (χ2n) is 6.04. The average Bonchev–Trinajstić information content (AvgIpc) is 2.53. The number of nitrogens with zero attached hydrogens (tertiary/aromatic N) is 1. The predicted molar refractivity (Wildman–Crippen MR) is 93.4 cm³/mol. The van der Waals surface area contributed by atoms with Crippen molar-refractivity contribution in [1.82, 2.24) is 10.3 Å². The molecule has 5 heteroatoms. The van der Waals surface area contributed by atoms with Gasteiger partial charge in [0.25, 0.3) is 5.91 Å². The van der Waals surface area contributed by atoms with Crippen LogP contribution in [-0.2, 0) is 6.54 Å². The molecule has 2 aromatic rings. The summed E-state index contributed by atoms with van der Waals surface area (Å²) in [4.78, 5) is 16.3. The number of aromatic nitrogens is 1. The zero-order valence-corrected chi connectivity index (χ0v) is 14.6. The molecule has 0 fully saturated rings. The first kappa shape index (κ1) is 17.8. The van der Waals surface area contributed by atoms with Gasteiger partial charge in [-0.25, -0.2) is 4.98 Å². The third-order valence-corrected chi connectivity index (χ3v) is 3.10. The van der Waals surface area contributed by atoms with Gasteiger partial charge in [-0.15, -0.1) is 0 Å². The van der Waals surface area contributed by atoms with Crippen molar-refractivity contribution in [3.05, 3.63) is 53.7 Å². The standard InChI is InChI=1S/C19H24N2O3/c1-13(2)23-17-8-5-15(6-9-17)11-21-19(22)16-7-10-18(20-12-16)24-14(3)4/h5-10,12-14H,11H2,1-4H3,(H,21,22). The summed E-state index contributed by atoms with van der Waals surface area (Å²) in [6, 6.07) is 11.1. The van der Waals surface area contributed by atoms with Crippen LogP contribution >= 0.6 is 0 Å². The molecule has 0 unspecified atom stereocenters. The van der Waals surface area contributed by atoms with Crippen LogP contribution in [0, 0.1) is 0 Å². The Balaban J connectivity index is 1.88. The highest BCUT2D eigenvalue weighted by molar-refractivity contribution is 5.93. The maximum atomic E-state index is 12.1. The Labute approximate surface area is 143 Å². The highest BCUT2D eigenvalue weighted by atomic mass is 16.5. The van der Waals surface area contributed by atoms with Crippen molar-refractivity contribution >= 4 is 5.91 Å². The van der Waals surface area contributed by atoms with Crippen molar-refractivity contribution in [3.8, 4) is 11.6 Å². The molecule has 2 rings (SSSR count). The fraction of sp³-hybridized carbons (Fsp3) is 0.368. The monoisotopic (exact) mass is 328 g/mol. The normalized spacial score (nSPS) is 10.8. The van der Waals surface area contributed by atoms with Gasteiger partial charge in [0.2, 0.25) is 5.88 Å². The van der Waals surface area contributed by atoms with Crippen LogP contribution in [0.1, 0.15) is 43.6 Å². The molecule has 0 saturated carbocycles. The number of pyridine rings is 1. The lowest BCUT2D eigenvalue weighted by Crippen LogP contribution is -2.23. The molecular formula is C19H24N2O3. The van der Waals surface area contributed by atoms with Crippen LogP contribution in [0.15, 0.2) is 42.6 Å². The Kier molecular flexibility index (Phi) is 6.18. The van der Waals surface area contributed by atoms with E-state index in [4.69, 9.17) is 9.47 Å². The lowest BCUT2D eigenvalue weighted by molar-refractivity contribution is 0.0950. The Morgan fingerprint density at radius 2 is 1.67 bits per heavy atom. The molecule has 0 aliphatic rings. The van der Waals surface area contributed by atoms with E-state index in [2.05, 4.69) is 10.3 Å². The second-order valence-corrected chi connectivity index (χ2v) is 6.04. The summed E-state index contributed by atoms with van der Waals surface area (Å²) < 4.78 is 11.1. The minimum absolute atomic E-state index is 0.0554. The highest BCUT2D eigenvalue weighted by Gasteiger charge is 2.07. The number of carbonyl (C=O) groups excluding carboxylic acids is 1. The Morgan fingerprint density at radius 1 is 1.00 bits per heavy atom. The van der Waals surface area contributed by atoms with Gasteiger partial charge in [-0.3, -0.25) is 4.79 Å². The zero-order valence-electron chi connectivity index (χ0n) is 14.6. The quantitative estimate of drug-likeness (QED) is 0.844. The van der Waals surface area contributed by atoms with Gasteiger partial charge >= 0.3 is 0 Å². The maximum absolute atomic E-state index is 12.1. The van der Waals surface area contributed by atoms with E-state index in [1.807, 2.05) is 52.0 Å². The van der Waals surface area contributed by atoms with Crippen molar-refractivity contribution in [2.24, 2.45) is 0 Å². The fourth-order valence-corrected chi connectivity index (χ4v) is 2.07. The number of amides is 1. The van der Waals surface area contributed by atoms with Crippen LogP contribution in [0.3, 0.4) is 0 Å². The number of nitrogens with one attached hydrogen (secondary N) is 1. The van der Waals surface area contributed by atoms with Gasteiger partial charge in [-0.2, -0.15) is 0 Å². The summed E-state index contributed by atoms with van der Waals surface area (Å²) in [5.74, 6) is 1.17. The highest BCUT2D eigenvalue weighted by Crippen LogP contribution is 2.14. The van der Waals surface area contributed by atoms with E-state index in [-0.39, 0.29) is 18.1 Å². The lowest BCUT2D eigenvalue weighted by Gasteiger charge is -2.11. The lowest BCUT2D eigenvalue weighted by atomic mass is 10.2. The van der Waals surface area contributed by atoms with E-state index in [1.54, 1.807) is 12.1 Å². The summed E-state index contributed by atoms with van der Waals surface area (Å²) in [5.41, 5.74) is 1.51. The topological polar surface area (TPSA) is 60.5 Å². The average molecular weight is 328 g/mol. The van der Waals surface area contributed by atoms with Crippen LogP contribution in [0.25, 0.3) is 0 Å². The number of hydrogen-bond acceptors (Lipinski definition) is 4. The van der Waals surface area contributed by atoms with Crippen molar-refractivity contribution < 1.29 is 14.3 Å². The molecular weight excluding hydrogens is 304 g/mol. The Morgan fingerprint density at radius 3 is 2.21 bits per heavy atom. The molecule has 0 bridgehead atoms. The SMILES string of the molecule is CC(C)Oc1ccc(CNC(=O)c2ccc(OC(C)C)nc2)cc1. The van der Waals surface area contributed by atoms with Gasteiger partial charge in [-0.05, 0) is 51.5 Å². The molecule has 128 valence electrons. The summed E-state index contributed by atoms with van der Waals surface area (Å²) in [7, 11) is 0. The molecule has 1 amide bonds. The predicted octanol–water partition coefficient (Wildman–Crippen LogP) is 3.59. The number of carbonyl (C=O) groups is 1. The van der Waals surface area contributed by atoms with Crippen LogP contribution in [-0.4, -0.2) is 23.1 Å². The van der Waals surface area contributed by atoms with Crippen molar-refractivity contribution in [2.75, 3.05) is 0 Å². The van der Waals surface area contributed by atoms with E-state index in [0.29, 0.717) is 18.0 Å². The van der Waals surface area contributed by atoms with Crippen LogP contribution < -0.4 is 14.8 Å². The molecule has 1 N–H and O–H groups in total. The van der Waals surface area contributed by atoms with E-state index in [9.17, 15) is 4.79 Å². The first-order valence-electron chi connectivity index (χ1n) is 8.10. The van der Waals surface area contributed by atoms with Crippen molar-refractivity contribution in [3.63, 3.8) is 0 Å². The minimum atomic E-state index is -0.166. The van der Waals surface area contributed by atoms with E-state index in [0.717, 1.165) is 11.3 Å². The van der Waals surface area contributed by atoms with Gasteiger partial charge in [0.15, 0.2) is 0 Å². The molecule has 1 aromatic carbocycles. The summed E-state index contributed by atoms with van der Waals surface area (Å²) in [5, 5.41) is 2.88. The minimum Gasteiger partial charge on any atom is -0.491 e. The molecule has 24 heavy (non-hydrogen) atoms. The Bertz CT molecular complexity index is 649. The molecule has 0 radical (unpaired) electrons. The second kappa shape index (κ2) is 8.34. The van der Waals surface area contributed by atoms with Crippen LogP contribution in [0.4, 0.5) is 0 Å². The molecule has 0 spiro atoms. The van der Waals surface area contributed by atoms with Gasteiger partial charge < -0.3 is 14.8 Å². The van der Waals surface area contributed by atoms with Crippen molar-refractivity contribution in [2.45, 2.75) is 46.4 Å². The smallest absolute Gasteiger partial charge is 0.253 e. The molecule has 1 heterocycles. The van der Waals surface area contributed by atoms with Crippen LogP contribution in [0.5, 0.6) is 11.6 Å². The summed E-state index contributed by atoms with van der Waals surface area (Å²) in [6.07, 6.45) is 1.72. The van der Waals surface area contributed by atoms with Gasteiger partial charge in [-0.1, -0.05) is 12.1 Å². The zero-order chi connectivity index (χ0) is 17.5.